The number of hydrogen-bond acceptors (Lipinski definition) is 4. The number of fused-ring (bicyclic) bond motifs is 1. The maximum atomic E-state index is 13.6. The van der Waals surface area contributed by atoms with Gasteiger partial charge in [-0.2, -0.15) is 0 Å². The smallest absolute Gasteiger partial charge is 0.237 e. The highest BCUT2D eigenvalue weighted by Crippen LogP contribution is 2.33. The van der Waals surface area contributed by atoms with E-state index in [0.29, 0.717) is 30.4 Å². The van der Waals surface area contributed by atoms with Gasteiger partial charge in [-0.05, 0) is 18.2 Å². The molecule has 1 aliphatic heterocycles. The van der Waals surface area contributed by atoms with Gasteiger partial charge in [0.05, 0.1) is 11.4 Å². The lowest BCUT2D eigenvalue weighted by molar-refractivity contribution is 0.171. The van der Waals surface area contributed by atoms with E-state index in [1.54, 1.807) is 24.3 Å². The summed E-state index contributed by atoms with van der Waals surface area (Å²) in [6, 6.07) is 10.5. The monoisotopic (exact) mass is 323 g/mol. The quantitative estimate of drug-likeness (QED) is 0.939. The van der Waals surface area contributed by atoms with Crippen molar-refractivity contribution in [2.45, 2.75) is 5.75 Å². The van der Waals surface area contributed by atoms with E-state index in [0.717, 1.165) is 0 Å². The molecule has 1 aliphatic rings. The largest absolute Gasteiger partial charge is 0.486 e. The zero-order valence-corrected chi connectivity index (χ0v) is 12.4. The van der Waals surface area contributed by atoms with Crippen molar-refractivity contribution >= 4 is 15.7 Å². The molecule has 1 N–H and O–H groups in total. The SMILES string of the molecule is O=S(=O)(Cc1ccccc1F)Nc1ccc2c(c1)OCCO2. The van der Waals surface area contributed by atoms with Gasteiger partial charge in [-0.15, -0.1) is 0 Å². The highest BCUT2D eigenvalue weighted by molar-refractivity contribution is 7.91. The Morgan fingerprint density at radius 1 is 1.05 bits per heavy atom. The molecule has 3 rings (SSSR count). The summed E-state index contributed by atoms with van der Waals surface area (Å²) in [5.74, 6) is 0.0735. The molecule has 2 aromatic rings. The molecule has 0 amide bonds. The zero-order valence-electron chi connectivity index (χ0n) is 11.6. The highest BCUT2D eigenvalue weighted by atomic mass is 32.2. The van der Waals surface area contributed by atoms with Gasteiger partial charge in [-0.25, -0.2) is 12.8 Å². The molecule has 0 aromatic heterocycles. The summed E-state index contributed by atoms with van der Waals surface area (Å²) < 4.78 is 51.0. The molecule has 7 heteroatoms. The van der Waals surface area contributed by atoms with Gasteiger partial charge in [0.2, 0.25) is 10.0 Å². The van der Waals surface area contributed by atoms with Crippen molar-refractivity contribution in [3.05, 3.63) is 53.8 Å². The summed E-state index contributed by atoms with van der Waals surface area (Å²) in [5.41, 5.74) is 0.466. The summed E-state index contributed by atoms with van der Waals surface area (Å²) in [4.78, 5) is 0. The standard InChI is InChI=1S/C15H14FNO4S/c16-13-4-2-1-3-11(13)10-22(18,19)17-12-5-6-14-15(9-12)21-8-7-20-14/h1-6,9,17H,7-8,10H2. The van der Waals surface area contributed by atoms with Crippen LogP contribution in [0.25, 0.3) is 0 Å². The first-order valence-electron chi connectivity index (χ1n) is 6.67. The van der Waals surface area contributed by atoms with E-state index in [9.17, 15) is 12.8 Å². The summed E-state index contributed by atoms with van der Waals surface area (Å²) in [6.07, 6.45) is 0. The van der Waals surface area contributed by atoms with E-state index in [1.165, 1.54) is 18.2 Å². The minimum absolute atomic E-state index is 0.118. The van der Waals surface area contributed by atoms with Crippen molar-refractivity contribution in [1.29, 1.82) is 0 Å². The molecule has 116 valence electrons. The van der Waals surface area contributed by atoms with Crippen molar-refractivity contribution in [1.82, 2.24) is 0 Å². The van der Waals surface area contributed by atoms with Crippen LogP contribution in [0.2, 0.25) is 0 Å². The fraction of sp³-hybridized carbons (Fsp3) is 0.200. The van der Waals surface area contributed by atoms with Gasteiger partial charge in [0, 0.05) is 11.6 Å². The Morgan fingerprint density at radius 3 is 2.55 bits per heavy atom. The third-order valence-electron chi connectivity index (χ3n) is 3.12. The Balaban J connectivity index is 1.78. The molecule has 0 spiro atoms. The number of nitrogens with one attached hydrogen (secondary N) is 1. The normalized spacial score (nSPS) is 13.7. The van der Waals surface area contributed by atoms with Gasteiger partial charge in [0.1, 0.15) is 19.0 Å². The van der Waals surface area contributed by atoms with E-state index in [1.807, 2.05) is 0 Å². The third kappa shape index (κ3) is 3.30. The first-order valence-corrected chi connectivity index (χ1v) is 8.32. The van der Waals surface area contributed by atoms with Crippen LogP contribution in [0.15, 0.2) is 42.5 Å². The zero-order chi connectivity index (χ0) is 15.6. The number of anilines is 1. The van der Waals surface area contributed by atoms with Crippen LogP contribution in [0.3, 0.4) is 0 Å². The molecule has 5 nitrogen and oxygen atoms in total. The molecule has 0 saturated carbocycles. The molecule has 0 bridgehead atoms. The topological polar surface area (TPSA) is 64.6 Å². The molecule has 0 aliphatic carbocycles. The highest BCUT2D eigenvalue weighted by Gasteiger charge is 2.17. The lowest BCUT2D eigenvalue weighted by Gasteiger charge is -2.19. The maximum Gasteiger partial charge on any atom is 0.237 e. The molecule has 2 aromatic carbocycles. The number of rotatable bonds is 4. The average molecular weight is 323 g/mol. The Hall–Kier alpha value is -2.28. The molecule has 0 unspecified atom stereocenters. The van der Waals surface area contributed by atoms with E-state index < -0.39 is 21.6 Å². The van der Waals surface area contributed by atoms with Crippen molar-refractivity contribution in [2.75, 3.05) is 17.9 Å². The molecule has 0 saturated heterocycles. The van der Waals surface area contributed by atoms with Crippen molar-refractivity contribution in [3.63, 3.8) is 0 Å². The summed E-state index contributed by atoms with van der Waals surface area (Å²) in [6.45, 7) is 0.879. The minimum Gasteiger partial charge on any atom is -0.486 e. The van der Waals surface area contributed by atoms with E-state index in [4.69, 9.17) is 9.47 Å². The fourth-order valence-corrected chi connectivity index (χ4v) is 3.34. The maximum absolute atomic E-state index is 13.6. The molecular formula is C15H14FNO4S. The first kappa shape index (κ1) is 14.6. The lowest BCUT2D eigenvalue weighted by atomic mass is 10.2. The number of halogens is 1. The van der Waals surface area contributed by atoms with E-state index >= 15 is 0 Å². The van der Waals surface area contributed by atoms with Gasteiger partial charge in [0.25, 0.3) is 0 Å². The van der Waals surface area contributed by atoms with Crippen molar-refractivity contribution in [2.24, 2.45) is 0 Å². The molecule has 0 radical (unpaired) electrons. The summed E-state index contributed by atoms with van der Waals surface area (Å²) >= 11 is 0. The molecule has 1 heterocycles. The van der Waals surface area contributed by atoms with Gasteiger partial charge in [-0.3, -0.25) is 4.72 Å². The minimum atomic E-state index is -3.72. The average Bonchev–Trinajstić information content (AvgIpc) is 2.49. The predicted octanol–water partition coefficient (Wildman–Crippen LogP) is 2.54. The van der Waals surface area contributed by atoms with Crippen molar-refractivity contribution in [3.8, 4) is 11.5 Å². The van der Waals surface area contributed by atoms with Gasteiger partial charge in [-0.1, -0.05) is 18.2 Å². The number of sulfonamides is 1. The Morgan fingerprint density at radius 2 is 1.77 bits per heavy atom. The van der Waals surface area contributed by atoms with E-state index in [2.05, 4.69) is 4.72 Å². The number of benzene rings is 2. The predicted molar refractivity (Wildman–Crippen MR) is 80.1 cm³/mol. The molecular weight excluding hydrogens is 309 g/mol. The second kappa shape index (κ2) is 5.84. The summed E-state index contributed by atoms with van der Waals surface area (Å²) in [5, 5.41) is 0. The van der Waals surface area contributed by atoms with Crippen LogP contribution in [-0.4, -0.2) is 21.6 Å². The third-order valence-corrected chi connectivity index (χ3v) is 4.36. The van der Waals surface area contributed by atoms with Crippen LogP contribution < -0.4 is 14.2 Å². The molecule has 0 fully saturated rings. The van der Waals surface area contributed by atoms with Crippen LogP contribution >= 0.6 is 0 Å². The Labute approximate surface area is 127 Å². The first-order chi connectivity index (χ1) is 10.5. The Bertz CT molecular complexity index is 792. The van der Waals surface area contributed by atoms with Crippen LogP contribution in [0.4, 0.5) is 10.1 Å². The summed E-state index contributed by atoms with van der Waals surface area (Å²) in [7, 11) is -3.72. The fourth-order valence-electron chi connectivity index (χ4n) is 2.14. The van der Waals surface area contributed by atoms with Crippen molar-refractivity contribution < 1.29 is 22.3 Å². The van der Waals surface area contributed by atoms with Gasteiger partial charge < -0.3 is 9.47 Å². The van der Waals surface area contributed by atoms with E-state index in [-0.39, 0.29) is 5.56 Å². The van der Waals surface area contributed by atoms with Crippen LogP contribution in [0, 0.1) is 5.82 Å². The number of ether oxygens (including phenoxy) is 2. The lowest BCUT2D eigenvalue weighted by Crippen LogP contribution is -2.17. The van der Waals surface area contributed by atoms with Gasteiger partial charge >= 0.3 is 0 Å². The second-order valence-electron chi connectivity index (χ2n) is 4.81. The second-order valence-corrected chi connectivity index (χ2v) is 6.53. The molecule has 22 heavy (non-hydrogen) atoms. The van der Waals surface area contributed by atoms with Crippen LogP contribution in [0.1, 0.15) is 5.56 Å². The molecule has 0 atom stereocenters. The van der Waals surface area contributed by atoms with Crippen LogP contribution in [0.5, 0.6) is 11.5 Å². The Kier molecular flexibility index (Phi) is 3.89. The van der Waals surface area contributed by atoms with Crippen LogP contribution in [-0.2, 0) is 15.8 Å². The van der Waals surface area contributed by atoms with Gasteiger partial charge in [0.15, 0.2) is 11.5 Å². The number of hydrogen-bond donors (Lipinski definition) is 1.